The van der Waals surface area contributed by atoms with Crippen LogP contribution >= 0.6 is 0 Å². The highest BCUT2D eigenvalue weighted by molar-refractivity contribution is 5.74. The fraction of sp³-hybridized carbons (Fsp3) is 0.500. The molecule has 1 aromatic rings. The average Bonchev–Trinajstić information content (AvgIpc) is 2.49. The molecular weight excluding hydrogens is 270 g/mol. The van der Waals surface area contributed by atoms with Gasteiger partial charge in [-0.05, 0) is 0 Å². The molecule has 1 aromatic heterocycles. The van der Waals surface area contributed by atoms with E-state index in [0.717, 1.165) is 0 Å². The number of anilines is 2. The first-order chi connectivity index (χ1) is 9.58. The van der Waals surface area contributed by atoms with Crippen LogP contribution in [-0.4, -0.2) is 61.3 Å². The maximum absolute atomic E-state index is 11.0. The van der Waals surface area contributed by atoms with E-state index in [0.29, 0.717) is 0 Å². The van der Waals surface area contributed by atoms with E-state index in [4.69, 9.17) is 4.74 Å². The van der Waals surface area contributed by atoms with Gasteiger partial charge in [-0.25, -0.2) is 0 Å². The van der Waals surface area contributed by atoms with Gasteiger partial charge in [-0.3, -0.25) is 9.59 Å². The Morgan fingerprint density at radius 3 is 1.70 bits per heavy atom. The second-order valence-corrected chi connectivity index (χ2v) is 3.33. The Hall–Kier alpha value is -2.65. The van der Waals surface area contributed by atoms with Crippen molar-refractivity contribution in [2.45, 2.75) is 0 Å². The van der Waals surface area contributed by atoms with Gasteiger partial charge in [0.1, 0.15) is 13.1 Å². The first kappa shape index (κ1) is 15.4. The molecule has 0 bridgehead atoms. The van der Waals surface area contributed by atoms with Crippen molar-refractivity contribution in [3.8, 4) is 6.01 Å². The summed E-state index contributed by atoms with van der Waals surface area (Å²) in [6, 6.07) is 0.0275. The number of carbonyl (C=O) groups excluding carboxylic acids is 2. The van der Waals surface area contributed by atoms with Crippen molar-refractivity contribution in [2.24, 2.45) is 0 Å². The maximum atomic E-state index is 11.0. The molecule has 0 amide bonds. The lowest BCUT2D eigenvalue weighted by Crippen LogP contribution is -2.19. The summed E-state index contributed by atoms with van der Waals surface area (Å²) < 4.78 is 13.8. The largest absolute Gasteiger partial charge is 0.468 e. The minimum atomic E-state index is -0.478. The summed E-state index contributed by atoms with van der Waals surface area (Å²) in [4.78, 5) is 33.8. The van der Waals surface area contributed by atoms with Gasteiger partial charge in [0, 0.05) is 0 Å². The van der Waals surface area contributed by atoms with Crippen LogP contribution in [0.15, 0.2) is 0 Å². The minimum Gasteiger partial charge on any atom is -0.468 e. The molecule has 0 radical (unpaired) electrons. The van der Waals surface area contributed by atoms with Crippen molar-refractivity contribution in [3.05, 3.63) is 0 Å². The fourth-order valence-corrected chi connectivity index (χ4v) is 1.05. The molecule has 1 heterocycles. The Balaban J connectivity index is 2.74. The van der Waals surface area contributed by atoms with Gasteiger partial charge in [-0.1, -0.05) is 0 Å². The number of nitrogens with one attached hydrogen (secondary N) is 2. The van der Waals surface area contributed by atoms with Gasteiger partial charge < -0.3 is 24.8 Å². The number of rotatable bonds is 7. The lowest BCUT2D eigenvalue weighted by atomic mass is 10.6. The summed E-state index contributed by atoms with van der Waals surface area (Å²) in [5.74, 6) is -0.744. The number of esters is 2. The Morgan fingerprint density at radius 1 is 0.900 bits per heavy atom. The molecule has 0 aliphatic rings. The lowest BCUT2D eigenvalue weighted by molar-refractivity contribution is -0.139. The molecule has 0 spiro atoms. The Labute approximate surface area is 114 Å². The molecule has 10 heteroatoms. The number of aromatic nitrogens is 3. The normalized spacial score (nSPS) is 9.55. The van der Waals surface area contributed by atoms with E-state index in [2.05, 4.69) is 35.1 Å². The maximum Gasteiger partial charge on any atom is 0.325 e. The third-order valence-electron chi connectivity index (χ3n) is 2.03. The highest BCUT2D eigenvalue weighted by Gasteiger charge is 2.09. The number of ether oxygens (including phenoxy) is 3. The standard InChI is InChI=1S/C10H15N5O5/c1-18-6(16)4-11-8-13-9(12-5-7(17)19-2)15-10(14-8)20-3/h4-5H2,1-3H3,(H2,11,12,13,14,15). The SMILES string of the molecule is COC(=O)CNc1nc(NCC(=O)OC)nc(OC)n1. The molecule has 20 heavy (non-hydrogen) atoms. The molecule has 0 saturated carbocycles. The molecular formula is C10H15N5O5. The molecule has 10 nitrogen and oxygen atoms in total. The summed E-state index contributed by atoms with van der Waals surface area (Å²) in [7, 11) is 3.91. The van der Waals surface area contributed by atoms with Crippen molar-refractivity contribution >= 4 is 23.8 Å². The van der Waals surface area contributed by atoms with Gasteiger partial charge in [0.25, 0.3) is 0 Å². The van der Waals surface area contributed by atoms with Crippen molar-refractivity contribution in [1.82, 2.24) is 15.0 Å². The quantitative estimate of drug-likeness (QED) is 0.605. The zero-order valence-electron chi connectivity index (χ0n) is 11.3. The molecule has 0 fully saturated rings. The topological polar surface area (TPSA) is 125 Å². The van der Waals surface area contributed by atoms with Gasteiger partial charge in [0.15, 0.2) is 0 Å². The molecule has 0 aliphatic carbocycles. The van der Waals surface area contributed by atoms with Crippen LogP contribution in [0.25, 0.3) is 0 Å². The molecule has 1 rings (SSSR count). The molecule has 2 N–H and O–H groups in total. The van der Waals surface area contributed by atoms with E-state index in [-0.39, 0.29) is 31.0 Å². The summed E-state index contributed by atoms with van der Waals surface area (Å²) >= 11 is 0. The molecule has 0 aliphatic heterocycles. The lowest BCUT2D eigenvalue weighted by Gasteiger charge is -2.08. The van der Waals surface area contributed by atoms with Crippen LogP contribution in [-0.2, 0) is 19.1 Å². The van der Waals surface area contributed by atoms with Gasteiger partial charge in [0.2, 0.25) is 11.9 Å². The van der Waals surface area contributed by atoms with Crippen LogP contribution in [0.1, 0.15) is 0 Å². The van der Waals surface area contributed by atoms with Gasteiger partial charge in [-0.2, -0.15) is 15.0 Å². The summed E-state index contributed by atoms with van der Waals surface area (Å²) in [5.41, 5.74) is 0. The summed E-state index contributed by atoms with van der Waals surface area (Å²) in [5, 5.41) is 5.28. The van der Waals surface area contributed by atoms with Gasteiger partial charge >= 0.3 is 17.9 Å². The average molecular weight is 285 g/mol. The Kier molecular flexibility index (Phi) is 5.94. The number of carbonyl (C=O) groups is 2. The monoisotopic (exact) mass is 285 g/mol. The Morgan fingerprint density at radius 2 is 1.35 bits per heavy atom. The zero-order valence-corrected chi connectivity index (χ0v) is 11.3. The van der Waals surface area contributed by atoms with Crippen molar-refractivity contribution in [2.75, 3.05) is 45.1 Å². The Bertz CT molecular complexity index is 443. The first-order valence-corrected chi connectivity index (χ1v) is 5.50. The van der Waals surface area contributed by atoms with E-state index in [1.165, 1.54) is 21.3 Å². The molecule has 110 valence electrons. The first-order valence-electron chi connectivity index (χ1n) is 5.50. The number of hydrogen-bond acceptors (Lipinski definition) is 10. The summed E-state index contributed by atoms with van der Waals surface area (Å²) in [6.07, 6.45) is 0. The number of hydrogen-bond donors (Lipinski definition) is 2. The van der Waals surface area contributed by atoms with Crippen LogP contribution in [0.2, 0.25) is 0 Å². The highest BCUT2D eigenvalue weighted by atomic mass is 16.5. The second kappa shape index (κ2) is 7.71. The third kappa shape index (κ3) is 4.92. The number of methoxy groups -OCH3 is 3. The van der Waals surface area contributed by atoms with Crippen LogP contribution in [0.5, 0.6) is 6.01 Å². The van der Waals surface area contributed by atoms with E-state index < -0.39 is 11.9 Å². The van der Waals surface area contributed by atoms with E-state index >= 15 is 0 Å². The predicted octanol–water partition coefficient (Wildman–Crippen LogP) is -0.950. The molecule has 0 atom stereocenters. The summed E-state index contributed by atoms with van der Waals surface area (Å²) in [6.45, 7) is -0.222. The third-order valence-corrected chi connectivity index (χ3v) is 2.03. The van der Waals surface area contributed by atoms with E-state index in [1.807, 2.05) is 0 Å². The van der Waals surface area contributed by atoms with E-state index in [1.54, 1.807) is 0 Å². The molecule has 0 unspecified atom stereocenters. The van der Waals surface area contributed by atoms with Crippen LogP contribution < -0.4 is 15.4 Å². The minimum absolute atomic E-state index is 0.0275. The molecule has 0 aromatic carbocycles. The van der Waals surface area contributed by atoms with Crippen LogP contribution in [0.3, 0.4) is 0 Å². The van der Waals surface area contributed by atoms with Crippen LogP contribution in [0.4, 0.5) is 11.9 Å². The van der Waals surface area contributed by atoms with Crippen molar-refractivity contribution in [1.29, 1.82) is 0 Å². The van der Waals surface area contributed by atoms with Gasteiger partial charge in [0.05, 0.1) is 21.3 Å². The van der Waals surface area contributed by atoms with Crippen molar-refractivity contribution < 1.29 is 23.8 Å². The van der Waals surface area contributed by atoms with E-state index in [9.17, 15) is 9.59 Å². The van der Waals surface area contributed by atoms with Gasteiger partial charge in [-0.15, -0.1) is 0 Å². The predicted molar refractivity (Wildman–Crippen MR) is 67.4 cm³/mol. The highest BCUT2D eigenvalue weighted by Crippen LogP contribution is 2.10. The van der Waals surface area contributed by atoms with Crippen LogP contribution in [0, 0.1) is 0 Å². The fourth-order valence-electron chi connectivity index (χ4n) is 1.05. The second-order valence-electron chi connectivity index (χ2n) is 3.33. The zero-order chi connectivity index (χ0) is 15.0. The molecule has 0 saturated heterocycles. The van der Waals surface area contributed by atoms with Crippen molar-refractivity contribution in [3.63, 3.8) is 0 Å². The smallest absolute Gasteiger partial charge is 0.325 e. The number of nitrogens with zero attached hydrogens (tertiary/aromatic N) is 3.